The summed E-state index contributed by atoms with van der Waals surface area (Å²) in [6.45, 7) is 0. The molecule has 0 heterocycles. The van der Waals surface area contributed by atoms with E-state index in [0.717, 1.165) is 10.4 Å². The third-order valence-corrected chi connectivity index (χ3v) is 2.71. The molecule has 1 atom stereocenters. The van der Waals surface area contributed by atoms with Crippen LogP contribution in [0.1, 0.15) is 0 Å². The third kappa shape index (κ3) is 2.05. The Bertz CT molecular complexity index is 218. The first-order chi connectivity index (χ1) is 5.29. The number of allylic oxidation sites excluding steroid dienone is 4. The standard InChI is InChI=1S/C8H8Cl2S/c9-4-6-2-1-3-8(11)7(6)5-10/h1-3,7H,4-5H2. The molecule has 0 aromatic rings. The fourth-order valence-electron chi connectivity index (χ4n) is 0.994. The summed E-state index contributed by atoms with van der Waals surface area (Å²) in [4.78, 5) is 0.887. The van der Waals surface area contributed by atoms with Crippen molar-refractivity contribution in [2.24, 2.45) is 5.92 Å². The lowest BCUT2D eigenvalue weighted by Crippen LogP contribution is -2.18. The Labute approximate surface area is 81.9 Å². The van der Waals surface area contributed by atoms with Crippen LogP contribution in [0.3, 0.4) is 0 Å². The van der Waals surface area contributed by atoms with Crippen molar-refractivity contribution in [3.63, 3.8) is 0 Å². The smallest absolute Gasteiger partial charge is 0.0443 e. The Hall–Kier alpha value is 0.150. The molecule has 0 bridgehead atoms. The van der Waals surface area contributed by atoms with Crippen LogP contribution in [0.4, 0.5) is 0 Å². The molecule has 0 aliphatic heterocycles. The summed E-state index contributed by atoms with van der Waals surface area (Å²) in [5.74, 6) is 1.22. The quantitative estimate of drug-likeness (QED) is 0.495. The number of rotatable bonds is 2. The minimum Gasteiger partial charge on any atom is -0.126 e. The number of hydrogen-bond acceptors (Lipinski definition) is 1. The Morgan fingerprint density at radius 2 is 2.18 bits per heavy atom. The first-order valence-electron chi connectivity index (χ1n) is 3.32. The summed E-state index contributed by atoms with van der Waals surface area (Å²) < 4.78 is 0. The van der Waals surface area contributed by atoms with Crippen LogP contribution in [-0.2, 0) is 0 Å². The second kappa shape index (κ2) is 4.24. The van der Waals surface area contributed by atoms with E-state index in [9.17, 15) is 0 Å². The highest BCUT2D eigenvalue weighted by Gasteiger charge is 2.17. The highest BCUT2D eigenvalue weighted by Crippen LogP contribution is 2.21. The number of halogens is 2. The van der Waals surface area contributed by atoms with E-state index < -0.39 is 0 Å². The summed E-state index contributed by atoms with van der Waals surface area (Å²) in [6, 6.07) is 0. The second-order valence-corrected chi connectivity index (χ2v) is 3.39. The molecular formula is C8H8Cl2S. The molecule has 0 amide bonds. The summed E-state index contributed by atoms with van der Waals surface area (Å²) in [6.07, 6.45) is 5.80. The molecule has 0 saturated heterocycles. The first-order valence-corrected chi connectivity index (χ1v) is 4.80. The van der Waals surface area contributed by atoms with Crippen LogP contribution in [-0.4, -0.2) is 16.6 Å². The molecule has 11 heavy (non-hydrogen) atoms. The Balaban J connectivity index is 2.81. The number of thiocarbonyl (C=S) groups is 1. The van der Waals surface area contributed by atoms with Crippen molar-refractivity contribution in [3.05, 3.63) is 23.8 Å². The SMILES string of the molecule is S=C1C=CC=C(CCl)C1CCl. The lowest BCUT2D eigenvalue weighted by molar-refractivity contribution is 0.940. The summed E-state index contributed by atoms with van der Waals surface area (Å²) >= 11 is 16.5. The molecule has 0 radical (unpaired) electrons. The summed E-state index contributed by atoms with van der Waals surface area (Å²) in [5.41, 5.74) is 1.12. The average Bonchev–Trinajstić information content (AvgIpc) is 2.04. The van der Waals surface area contributed by atoms with Gasteiger partial charge in [-0.25, -0.2) is 0 Å². The van der Waals surface area contributed by atoms with Gasteiger partial charge >= 0.3 is 0 Å². The maximum absolute atomic E-state index is 5.73. The summed E-state index contributed by atoms with van der Waals surface area (Å²) in [5, 5.41) is 0. The van der Waals surface area contributed by atoms with Gasteiger partial charge in [-0.3, -0.25) is 0 Å². The zero-order chi connectivity index (χ0) is 8.27. The molecule has 0 saturated carbocycles. The van der Waals surface area contributed by atoms with Crippen molar-refractivity contribution in [3.8, 4) is 0 Å². The van der Waals surface area contributed by atoms with E-state index in [0.29, 0.717) is 11.8 Å². The molecule has 0 aromatic heterocycles. The third-order valence-electron chi connectivity index (χ3n) is 1.67. The van der Waals surface area contributed by atoms with Gasteiger partial charge in [0, 0.05) is 22.5 Å². The van der Waals surface area contributed by atoms with E-state index in [4.69, 9.17) is 35.4 Å². The average molecular weight is 207 g/mol. The fraction of sp³-hybridized carbons (Fsp3) is 0.375. The van der Waals surface area contributed by atoms with Gasteiger partial charge in [-0.1, -0.05) is 24.4 Å². The second-order valence-electron chi connectivity index (χ2n) is 2.34. The van der Waals surface area contributed by atoms with Gasteiger partial charge < -0.3 is 0 Å². The van der Waals surface area contributed by atoms with E-state index in [2.05, 4.69) is 0 Å². The van der Waals surface area contributed by atoms with Crippen LogP contribution >= 0.6 is 35.4 Å². The first kappa shape index (κ1) is 9.24. The Morgan fingerprint density at radius 1 is 1.45 bits per heavy atom. The minimum atomic E-state index is 0.175. The lowest BCUT2D eigenvalue weighted by atomic mass is 9.94. The van der Waals surface area contributed by atoms with Gasteiger partial charge in [0.1, 0.15) is 0 Å². The van der Waals surface area contributed by atoms with E-state index in [1.807, 2.05) is 18.2 Å². The highest BCUT2D eigenvalue weighted by atomic mass is 35.5. The van der Waals surface area contributed by atoms with Crippen LogP contribution in [0.2, 0.25) is 0 Å². The molecule has 0 fully saturated rings. The van der Waals surface area contributed by atoms with Gasteiger partial charge in [-0.15, -0.1) is 23.2 Å². The van der Waals surface area contributed by atoms with E-state index >= 15 is 0 Å². The van der Waals surface area contributed by atoms with Crippen LogP contribution in [0.5, 0.6) is 0 Å². The fourth-order valence-corrected chi connectivity index (χ4v) is 2.04. The van der Waals surface area contributed by atoms with Gasteiger partial charge in [0.15, 0.2) is 0 Å². The Kier molecular flexibility index (Phi) is 3.57. The van der Waals surface area contributed by atoms with Gasteiger partial charge in [-0.05, 0) is 11.6 Å². The molecule has 1 aliphatic carbocycles. The van der Waals surface area contributed by atoms with Crippen molar-refractivity contribution in [1.29, 1.82) is 0 Å². The molecule has 0 N–H and O–H groups in total. The molecule has 1 unspecified atom stereocenters. The van der Waals surface area contributed by atoms with Crippen LogP contribution in [0.25, 0.3) is 0 Å². The zero-order valence-electron chi connectivity index (χ0n) is 5.89. The van der Waals surface area contributed by atoms with Gasteiger partial charge in [-0.2, -0.15) is 0 Å². The Morgan fingerprint density at radius 3 is 2.64 bits per heavy atom. The van der Waals surface area contributed by atoms with Gasteiger partial charge in [0.25, 0.3) is 0 Å². The largest absolute Gasteiger partial charge is 0.126 e. The highest BCUT2D eigenvalue weighted by molar-refractivity contribution is 7.80. The zero-order valence-corrected chi connectivity index (χ0v) is 8.22. The number of hydrogen-bond donors (Lipinski definition) is 0. The molecule has 0 spiro atoms. The molecule has 3 heteroatoms. The van der Waals surface area contributed by atoms with Crippen molar-refractivity contribution in [2.45, 2.75) is 0 Å². The number of alkyl halides is 2. The molecule has 0 aromatic carbocycles. The van der Waals surface area contributed by atoms with E-state index in [1.54, 1.807) is 0 Å². The molecule has 0 nitrogen and oxygen atoms in total. The van der Waals surface area contributed by atoms with E-state index in [1.165, 1.54) is 0 Å². The maximum Gasteiger partial charge on any atom is 0.0443 e. The predicted octanol–water partition coefficient (Wildman–Crippen LogP) is 2.95. The van der Waals surface area contributed by atoms with Crippen LogP contribution in [0.15, 0.2) is 23.8 Å². The van der Waals surface area contributed by atoms with Crippen molar-refractivity contribution < 1.29 is 0 Å². The predicted molar refractivity (Wildman–Crippen MR) is 54.8 cm³/mol. The van der Waals surface area contributed by atoms with Crippen LogP contribution in [0, 0.1) is 5.92 Å². The van der Waals surface area contributed by atoms with Crippen molar-refractivity contribution in [1.82, 2.24) is 0 Å². The van der Waals surface area contributed by atoms with Crippen molar-refractivity contribution >= 4 is 40.3 Å². The van der Waals surface area contributed by atoms with Crippen molar-refractivity contribution in [2.75, 3.05) is 11.8 Å². The topological polar surface area (TPSA) is 0 Å². The van der Waals surface area contributed by atoms with Gasteiger partial charge in [0.05, 0.1) is 0 Å². The summed E-state index contributed by atoms with van der Waals surface area (Å²) in [7, 11) is 0. The van der Waals surface area contributed by atoms with Crippen LogP contribution < -0.4 is 0 Å². The molecule has 60 valence electrons. The maximum atomic E-state index is 5.73. The lowest BCUT2D eigenvalue weighted by Gasteiger charge is -2.17. The monoisotopic (exact) mass is 206 g/mol. The molecular weight excluding hydrogens is 199 g/mol. The molecule has 1 rings (SSSR count). The van der Waals surface area contributed by atoms with Gasteiger partial charge in [0.2, 0.25) is 0 Å². The minimum absolute atomic E-state index is 0.175. The normalized spacial score (nSPS) is 23.6. The molecule has 1 aliphatic rings. The van der Waals surface area contributed by atoms with E-state index in [-0.39, 0.29) is 5.92 Å².